The number of aromatic hydroxyl groups is 2. The molecule has 1 aromatic rings. The van der Waals surface area contributed by atoms with Crippen molar-refractivity contribution in [1.82, 2.24) is 0 Å². The zero-order chi connectivity index (χ0) is 16.8. The monoisotopic (exact) mass is 337 g/mol. The molecule has 0 amide bonds. The van der Waals surface area contributed by atoms with Crippen LogP contribution in [0.3, 0.4) is 0 Å². The van der Waals surface area contributed by atoms with Gasteiger partial charge in [-0.2, -0.15) is 0 Å². The zero-order valence-corrected chi connectivity index (χ0v) is 13.5. The lowest BCUT2D eigenvalue weighted by atomic mass is 9.97. The number of hydrogen-bond donors (Lipinski definition) is 3. The smallest absolute Gasteiger partial charge is 0.342 e. The second kappa shape index (κ2) is 8.02. The van der Waals surface area contributed by atoms with Gasteiger partial charge >= 0.3 is 5.97 Å². The number of ether oxygens (including phenoxy) is 1. The number of carbonyl (C=O) groups is 1. The van der Waals surface area contributed by atoms with Crippen LogP contribution < -0.4 is 0 Å². The fourth-order valence-corrected chi connectivity index (χ4v) is 2.72. The number of nitrogens with one attached hydrogen (secondary N) is 1. The van der Waals surface area contributed by atoms with Gasteiger partial charge in [0.15, 0.2) is 0 Å². The maximum atomic E-state index is 12.2. The van der Waals surface area contributed by atoms with Gasteiger partial charge in [-0.25, -0.2) is 4.79 Å². The van der Waals surface area contributed by atoms with Crippen molar-refractivity contribution in [2.24, 2.45) is 0 Å². The van der Waals surface area contributed by atoms with Gasteiger partial charge in [0.1, 0.15) is 17.1 Å². The molecule has 0 saturated heterocycles. The van der Waals surface area contributed by atoms with Crippen LogP contribution in [0.2, 0.25) is 5.02 Å². The quantitative estimate of drug-likeness (QED) is 0.493. The van der Waals surface area contributed by atoms with Crippen LogP contribution in [0.1, 0.15) is 48.0 Å². The Labute approximate surface area is 140 Å². The summed E-state index contributed by atoms with van der Waals surface area (Å²) in [5.41, 5.74) is 0.567. The number of halogens is 1. The minimum absolute atomic E-state index is 0.0218. The molecule has 2 rings (SSSR count). The summed E-state index contributed by atoms with van der Waals surface area (Å²) in [5, 5.41) is 27.8. The largest absolute Gasteiger partial charge is 0.507 e. The third-order valence-electron chi connectivity index (χ3n) is 3.70. The van der Waals surface area contributed by atoms with Crippen LogP contribution in [-0.4, -0.2) is 28.5 Å². The van der Waals surface area contributed by atoms with E-state index in [1.165, 1.54) is 0 Å². The second-order valence-electron chi connectivity index (χ2n) is 5.50. The van der Waals surface area contributed by atoms with Crippen molar-refractivity contribution >= 4 is 23.3 Å². The average Bonchev–Trinajstić information content (AvgIpc) is 2.50. The summed E-state index contributed by atoms with van der Waals surface area (Å²) in [6.07, 6.45) is 8.05. The van der Waals surface area contributed by atoms with Crippen molar-refractivity contribution < 1.29 is 19.7 Å². The molecular formula is C17H20ClNO4. The van der Waals surface area contributed by atoms with E-state index in [4.69, 9.17) is 21.7 Å². The molecule has 0 bridgehead atoms. The molecule has 0 unspecified atom stereocenters. The summed E-state index contributed by atoms with van der Waals surface area (Å²) in [4.78, 5) is 12.2. The van der Waals surface area contributed by atoms with Crippen LogP contribution in [0.5, 0.6) is 11.5 Å². The van der Waals surface area contributed by atoms with Gasteiger partial charge in [0, 0.05) is 18.2 Å². The molecule has 1 aliphatic rings. The van der Waals surface area contributed by atoms with E-state index in [1.54, 1.807) is 0 Å². The standard InChI is InChI=1S/C17H20ClNO4/c18-16-12-9-11(19)7-5-3-1-2-4-6-8-23-17(22)15(12)13(20)10-14(16)21/h2,4,10,19-21H,1,3,5-9H2/b4-2+,19-11?. The Balaban J connectivity index is 2.38. The molecule has 0 spiro atoms. The zero-order valence-electron chi connectivity index (χ0n) is 12.8. The maximum absolute atomic E-state index is 12.2. The van der Waals surface area contributed by atoms with E-state index in [2.05, 4.69) is 0 Å². The van der Waals surface area contributed by atoms with Crippen LogP contribution >= 0.6 is 11.6 Å². The van der Waals surface area contributed by atoms with E-state index in [0.717, 1.165) is 25.3 Å². The molecule has 0 radical (unpaired) electrons. The van der Waals surface area contributed by atoms with Crippen molar-refractivity contribution in [2.45, 2.75) is 38.5 Å². The molecule has 0 atom stereocenters. The molecule has 23 heavy (non-hydrogen) atoms. The molecule has 5 nitrogen and oxygen atoms in total. The number of cyclic esters (lactones) is 1. The van der Waals surface area contributed by atoms with Gasteiger partial charge < -0.3 is 20.4 Å². The number of allylic oxidation sites excluding steroid dienone is 1. The first-order valence-electron chi connectivity index (χ1n) is 7.62. The van der Waals surface area contributed by atoms with Crippen LogP contribution in [0, 0.1) is 5.41 Å². The van der Waals surface area contributed by atoms with Crippen LogP contribution in [0.4, 0.5) is 0 Å². The van der Waals surface area contributed by atoms with Gasteiger partial charge in [-0.05, 0) is 37.7 Å². The van der Waals surface area contributed by atoms with E-state index in [-0.39, 0.29) is 40.7 Å². The van der Waals surface area contributed by atoms with Gasteiger partial charge in [0.25, 0.3) is 0 Å². The molecule has 3 N–H and O–H groups in total. The molecule has 0 saturated carbocycles. The summed E-state index contributed by atoms with van der Waals surface area (Å²) in [6, 6.07) is 1.02. The molecule has 1 aromatic carbocycles. The number of phenols is 2. The Morgan fingerprint density at radius 3 is 2.65 bits per heavy atom. The Bertz CT molecular complexity index is 640. The number of carbonyl (C=O) groups excluding carboxylic acids is 1. The molecule has 1 aliphatic heterocycles. The molecule has 0 fully saturated rings. The lowest BCUT2D eigenvalue weighted by molar-refractivity contribution is 0.0507. The van der Waals surface area contributed by atoms with Crippen molar-refractivity contribution in [1.29, 1.82) is 5.41 Å². The average molecular weight is 338 g/mol. The highest BCUT2D eigenvalue weighted by molar-refractivity contribution is 6.33. The lowest BCUT2D eigenvalue weighted by Crippen LogP contribution is -2.13. The number of hydrogen-bond acceptors (Lipinski definition) is 5. The van der Waals surface area contributed by atoms with Crippen molar-refractivity contribution in [2.75, 3.05) is 6.61 Å². The molecule has 0 aromatic heterocycles. The Hall–Kier alpha value is -2.01. The summed E-state index contributed by atoms with van der Waals surface area (Å²) in [5.74, 6) is -1.40. The van der Waals surface area contributed by atoms with E-state index < -0.39 is 5.97 Å². The third-order valence-corrected chi connectivity index (χ3v) is 4.12. The minimum atomic E-state index is -0.697. The first-order valence-corrected chi connectivity index (χ1v) is 8.00. The van der Waals surface area contributed by atoms with Crippen molar-refractivity contribution in [3.05, 3.63) is 34.4 Å². The fourth-order valence-electron chi connectivity index (χ4n) is 2.51. The van der Waals surface area contributed by atoms with Crippen LogP contribution in [0.25, 0.3) is 0 Å². The summed E-state index contributed by atoms with van der Waals surface area (Å²) in [7, 11) is 0. The highest BCUT2D eigenvalue weighted by atomic mass is 35.5. The maximum Gasteiger partial charge on any atom is 0.342 e. The minimum Gasteiger partial charge on any atom is -0.507 e. The normalized spacial score (nSPS) is 18.7. The Morgan fingerprint density at radius 2 is 1.87 bits per heavy atom. The van der Waals surface area contributed by atoms with Gasteiger partial charge in [0.2, 0.25) is 0 Å². The van der Waals surface area contributed by atoms with E-state index in [0.29, 0.717) is 18.6 Å². The molecule has 0 aliphatic carbocycles. The molecule has 6 heteroatoms. The van der Waals surface area contributed by atoms with E-state index in [1.807, 2.05) is 12.2 Å². The Kier molecular flexibility index (Phi) is 6.04. The molecular weight excluding hydrogens is 318 g/mol. The summed E-state index contributed by atoms with van der Waals surface area (Å²) < 4.78 is 5.16. The highest BCUT2D eigenvalue weighted by Gasteiger charge is 2.24. The first-order chi connectivity index (χ1) is 11.0. The molecule has 1 heterocycles. The number of phenolic OH excluding ortho intramolecular Hbond substituents is 2. The van der Waals surface area contributed by atoms with Crippen molar-refractivity contribution in [3.63, 3.8) is 0 Å². The number of rotatable bonds is 0. The van der Waals surface area contributed by atoms with Crippen LogP contribution in [0.15, 0.2) is 18.2 Å². The summed E-state index contributed by atoms with van der Waals surface area (Å²) >= 11 is 6.09. The van der Waals surface area contributed by atoms with Gasteiger partial charge in [-0.1, -0.05) is 23.8 Å². The topological polar surface area (TPSA) is 90.6 Å². The predicted molar refractivity (Wildman–Crippen MR) is 88.7 cm³/mol. The predicted octanol–water partition coefficient (Wildman–Crippen LogP) is 3.99. The first kappa shape index (κ1) is 17.3. The Morgan fingerprint density at radius 1 is 1.13 bits per heavy atom. The van der Waals surface area contributed by atoms with Gasteiger partial charge in [0.05, 0.1) is 11.6 Å². The number of benzene rings is 1. The number of esters is 1. The van der Waals surface area contributed by atoms with Gasteiger partial charge in [-0.15, -0.1) is 0 Å². The van der Waals surface area contributed by atoms with Crippen LogP contribution in [-0.2, 0) is 11.2 Å². The molecule has 124 valence electrons. The van der Waals surface area contributed by atoms with Gasteiger partial charge in [-0.3, -0.25) is 0 Å². The van der Waals surface area contributed by atoms with Crippen molar-refractivity contribution in [3.8, 4) is 11.5 Å². The third kappa shape index (κ3) is 4.48. The number of fused-ring (bicyclic) bond motifs is 1. The lowest BCUT2D eigenvalue weighted by Gasteiger charge is -2.15. The SMILES string of the molecule is N=C1CCCC/C=C/CCOC(=O)c2c(O)cc(O)c(Cl)c2C1. The van der Waals surface area contributed by atoms with E-state index >= 15 is 0 Å². The van der Waals surface area contributed by atoms with E-state index in [9.17, 15) is 15.0 Å². The second-order valence-corrected chi connectivity index (χ2v) is 5.88. The highest BCUT2D eigenvalue weighted by Crippen LogP contribution is 2.37. The summed E-state index contributed by atoms with van der Waals surface area (Å²) in [6.45, 7) is 0.199. The fraction of sp³-hybridized carbons (Fsp3) is 0.412.